The Morgan fingerprint density at radius 1 is 1.17 bits per heavy atom. The summed E-state index contributed by atoms with van der Waals surface area (Å²) in [7, 11) is 1.53. The first-order chi connectivity index (χ1) is 11.6. The Labute approximate surface area is 144 Å². The lowest BCUT2D eigenvalue weighted by atomic mass is 10.0. The van der Waals surface area contributed by atoms with Gasteiger partial charge in [0.25, 0.3) is 5.24 Å². The highest BCUT2D eigenvalue weighted by Crippen LogP contribution is 2.41. The minimum atomic E-state index is -0.430. The minimum Gasteiger partial charge on any atom is -0.489 e. The van der Waals surface area contributed by atoms with Crippen LogP contribution in [-0.2, 0) is 17.6 Å². The zero-order valence-electron chi connectivity index (χ0n) is 13.3. The average molecular weight is 339 g/mol. The molecule has 2 amide bonds. The van der Waals surface area contributed by atoms with Crippen LogP contribution in [0.15, 0.2) is 48.5 Å². The van der Waals surface area contributed by atoms with E-state index < -0.39 is 5.25 Å². The van der Waals surface area contributed by atoms with E-state index >= 15 is 0 Å². The highest BCUT2D eigenvalue weighted by molar-refractivity contribution is 8.14. The number of carbonyl (C=O) groups excluding carboxylic acids is 2. The van der Waals surface area contributed by atoms with Gasteiger partial charge in [-0.1, -0.05) is 42.5 Å². The molecule has 122 valence electrons. The molecule has 2 unspecified atom stereocenters. The van der Waals surface area contributed by atoms with E-state index in [-0.39, 0.29) is 17.3 Å². The first kappa shape index (κ1) is 15.3. The van der Waals surface area contributed by atoms with Crippen molar-refractivity contribution in [2.24, 2.45) is 0 Å². The van der Waals surface area contributed by atoms with E-state index in [4.69, 9.17) is 4.74 Å². The van der Waals surface area contributed by atoms with Gasteiger partial charge < -0.3 is 4.74 Å². The molecular formula is C19H17NO3S. The lowest BCUT2D eigenvalue weighted by Gasteiger charge is -2.10. The molecule has 1 fully saturated rings. The third-order valence-electron chi connectivity index (χ3n) is 4.48. The Morgan fingerprint density at radius 3 is 2.67 bits per heavy atom. The molecule has 0 aliphatic carbocycles. The molecule has 2 heterocycles. The molecule has 2 atom stereocenters. The molecule has 4 nitrogen and oxygen atoms in total. The Bertz CT molecular complexity index is 806. The molecule has 1 saturated heterocycles. The molecule has 0 N–H and O–H groups in total. The van der Waals surface area contributed by atoms with Crippen molar-refractivity contribution in [1.82, 2.24) is 4.90 Å². The maximum absolute atomic E-state index is 12.2. The summed E-state index contributed by atoms with van der Waals surface area (Å²) in [4.78, 5) is 25.1. The molecule has 2 aliphatic heterocycles. The number of nitrogens with zero attached hydrogens (tertiary/aromatic N) is 1. The van der Waals surface area contributed by atoms with Gasteiger partial charge in [-0.2, -0.15) is 0 Å². The summed E-state index contributed by atoms with van der Waals surface area (Å²) in [6, 6.07) is 16.1. The fourth-order valence-corrected chi connectivity index (χ4v) is 4.19. The third kappa shape index (κ3) is 2.69. The van der Waals surface area contributed by atoms with E-state index in [2.05, 4.69) is 12.1 Å². The van der Waals surface area contributed by atoms with E-state index in [1.165, 1.54) is 17.5 Å². The number of amides is 2. The number of hydrogen-bond donors (Lipinski definition) is 0. The van der Waals surface area contributed by atoms with Crippen molar-refractivity contribution in [2.75, 3.05) is 7.05 Å². The number of likely N-dealkylation sites (N-methyl/N-ethyl adjacent to an activating group) is 1. The Kier molecular flexibility index (Phi) is 3.81. The summed E-state index contributed by atoms with van der Waals surface area (Å²) in [5.74, 6) is 0.736. The molecule has 0 bridgehead atoms. The summed E-state index contributed by atoms with van der Waals surface area (Å²) in [5, 5.41) is -0.621. The van der Waals surface area contributed by atoms with Gasteiger partial charge in [-0.25, -0.2) is 0 Å². The summed E-state index contributed by atoms with van der Waals surface area (Å²) in [6.45, 7) is 0. The van der Waals surface area contributed by atoms with Crippen LogP contribution >= 0.6 is 11.8 Å². The van der Waals surface area contributed by atoms with Crippen LogP contribution < -0.4 is 4.74 Å². The summed E-state index contributed by atoms with van der Waals surface area (Å²) < 4.78 is 6.03. The van der Waals surface area contributed by atoms with Crippen molar-refractivity contribution < 1.29 is 14.3 Å². The lowest BCUT2D eigenvalue weighted by molar-refractivity contribution is -0.125. The normalized spacial score (nSPS) is 22.6. The number of carbonyl (C=O) groups is 2. The standard InChI is InChI=1S/C19H17NO3S/c1-20-18(21)17(24-19(20)22)13-7-8-16-14(10-13)11-15(23-16)9-12-5-3-2-4-6-12/h2-8,10,15,17H,9,11H2,1H3. The topological polar surface area (TPSA) is 46.6 Å². The van der Waals surface area contributed by atoms with E-state index in [9.17, 15) is 9.59 Å². The predicted molar refractivity (Wildman–Crippen MR) is 93.2 cm³/mol. The van der Waals surface area contributed by atoms with E-state index in [1.54, 1.807) is 0 Å². The van der Waals surface area contributed by atoms with Crippen LogP contribution in [0, 0.1) is 0 Å². The molecule has 5 heteroatoms. The summed E-state index contributed by atoms with van der Waals surface area (Å²) >= 11 is 1.08. The van der Waals surface area contributed by atoms with Crippen molar-refractivity contribution in [1.29, 1.82) is 0 Å². The Morgan fingerprint density at radius 2 is 1.96 bits per heavy atom. The molecule has 2 aromatic rings. The highest BCUT2D eigenvalue weighted by Gasteiger charge is 2.38. The second kappa shape index (κ2) is 5.98. The minimum absolute atomic E-state index is 0.119. The first-order valence-electron chi connectivity index (χ1n) is 7.93. The first-order valence-corrected chi connectivity index (χ1v) is 8.81. The number of ether oxygens (including phenoxy) is 1. The van der Waals surface area contributed by atoms with Crippen LogP contribution in [0.1, 0.15) is 21.9 Å². The van der Waals surface area contributed by atoms with Crippen molar-refractivity contribution in [3.63, 3.8) is 0 Å². The predicted octanol–water partition coefficient (Wildman–Crippen LogP) is 3.60. The molecule has 0 spiro atoms. The zero-order valence-corrected chi connectivity index (χ0v) is 14.1. The van der Waals surface area contributed by atoms with Crippen LogP contribution in [-0.4, -0.2) is 29.2 Å². The number of thioether (sulfide) groups is 1. The Balaban J connectivity index is 1.51. The molecule has 2 aliphatic rings. The smallest absolute Gasteiger partial charge is 0.289 e. The van der Waals surface area contributed by atoms with Crippen LogP contribution in [0.3, 0.4) is 0 Å². The molecule has 0 aromatic heterocycles. The zero-order chi connectivity index (χ0) is 16.7. The van der Waals surface area contributed by atoms with Crippen LogP contribution in [0.25, 0.3) is 0 Å². The fourth-order valence-electron chi connectivity index (χ4n) is 3.20. The van der Waals surface area contributed by atoms with Crippen molar-refractivity contribution in [2.45, 2.75) is 24.2 Å². The number of fused-ring (bicyclic) bond motifs is 1. The fraction of sp³-hybridized carbons (Fsp3) is 0.263. The molecule has 0 saturated carbocycles. The number of hydrogen-bond acceptors (Lipinski definition) is 4. The maximum atomic E-state index is 12.2. The van der Waals surface area contributed by atoms with Gasteiger partial charge in [-0.05, 0) is 34.5 Å². The lowest BCUT2D eigenvalue weighted by Crippen LogP contribution is -2.24. The van der Waals surface area contributed by atoms with Gasteiger partial charge in [-0.3, -0.25) is 14.5 Å². The maximum Gasteiger partial charge on any atom is 0.289 e. The summed E-state index contributed by atoms with van der Waals surface area (Å²) in [6.07, 6.45) is 1.81. The van der Waals surface area contributed by atoms with E-state index in [0.717, 1.165) is 41.5 Å². The molecule has 0 radical (unpaired) electrons. The third-order valence-corrected chi connectivity index (χ3v) is 5.67. The van der Waals surface area contributed by atoms with Gasteiger partial charge in [0.1, 0.15) is 17.1 Å². The molecular weight excluding hydrogens is 322 g/mol. The number of imide groups is 1. The SMILES string of the molecule is CN1C(=O)SC(c2ccc3c(c2)CC(Cc2ccccc2)O3)C1=O. The van der Waals surface area contributed by atoms with E-state index in [1.807, 2.05) is 36.4 Å². The van der Waals surface area contributed by atoms with Crippen molar-refractivity contribution in [3.05, 3.63) is 65.2 Å². The van der Waals surface area contributed by atoms with Crippen LogP contribution in [0.4, 0.5) is 4.79 Å². The van der Waals surface area contributed by atoms with Gasteiger partial charge in [0.05, 0.1) is 0 Å². The quantitative estimate of drug-likeness (QED) is 0.857. The largest absolute Gasteiger partial charge is 0.489 e. The van der Waals surface area contributed by atoms with Gasteiger partial charge in [-0.15, -0.1) is 0 Å². The average Bonchev–Trinajstić information content (AvgIpc) is 3.10. The highest BCUT2D eigenvalue weighted by atomic mass is 32.2. The van der Waals surface area contributed by atoms with Gasteiger partial charge in [0, 0.05) is 19.9 Å². The van der Waals surface area contributed by atoms with Crippen molar-refractivity contribution >= 4 is 22.9 Å². The van der Waals surface area contributed by atoms with Crippen molar-refractivity contribution in [3.8, 4) is 5.75 Å². The number of rotatable bonds is 3. The molecule has 4 rings (SSSR count). The van der Waals surface area contributed by atoms with Gasteiger partial charge >= 0.3 is 0 Å². The van der Waals surface area contributed by atoms with E-state index in [0.29, 0.717) is 0 Å². The molecule has 2 aromatic carbocycles. The van der Waals surface area contributed by atoms with Gasteiger partial charge in [0.2, 0.25) is 5.91 Å². The Hall–Kier alpha value is -2.27. The van der Waals surface area contributed by atoms with Gasteiger partial charge in [0.15, 0.2) is 0 Å². The molecule has 24 heavy (non-hydrogen) atoms. The monoisotopic (exact) mass is 339 g/mol. The second-order valence-electron chi connectivity index (χ2n) is 6.16. The second-order valence-corrected chi connectivity index (χ2v) is 7.22. The number of benzene rings is 2. The van der Waals surface area contributed by atoms with Crippen LogP contribution in [0.5, 0.6) is 5.75 Å². The summed E-state index contributed by atoms with van der Waals surface area (Å²) in [5.41, 5.74) is 3.25. The van der Waals surface area contributed by atoms with Crippen LogP contribution in [0.2, 0.25) is 0 Å².